The zero-order valence-corrected chi connectivity index (χ0v) is 7.99. The van der Waals surface area contributed by atoms with E-state index in [2.05, 4.69) is 4.98 Å². The summed E-state index contributed by atoms with van der Waals surface area (Å²) in [7, 11) is 0. The largest absolute Gasteiger partial charge is 0.398 e. The van der Waals surface area contributed by atoms with Crippen LogP contribution in [0.15, 0.2) is 36.7 Å². The molecule has 0 saturated heterocycles. The fraction of sp³-hybridized carbons (Fsp3) is 0.182. The number of nitrogens with two attached hydrogens (primary N) is 1. The van der Waals surface area contributed by atoms with Gasteiger partial charge in [-0.15, -0.1) is 0 Å². The number of fused-ring (bicyclic) bond motifs is 1. The molecular formula is C11H14N2. The predicted molar refractivity (Wildman–Crippen MR) is 57.5 cm³/mol. The van der Waals surface area contributed by atoms with Crippen LogP contribution in [-0.2, 0) is 0 Å². The summed E-state index contributed by atoms with van der Waals surface area (Å²) in [6.45, 7) is 4.00. The van der Waals surface area contributed by atoms with Crippen molar-refractivity contribution in [3.63, 3.8) is 0 Å². The molecule has 0 spiro atoms. The van der Waals surface area contributed by atoms with Crippen LogP contribution in [0.3, 0.4) is 0 Å². The zero-order valence-electron chi connectivity index (χ0n) is 7.99. The van der Waals surface area contributed by atoms with Gasteiger partial charge in [-0.3, -0.25) is 4.98 Å². The van der Waals surface area contributed by atoms with Crippen LogP contribution >= 0.6 is 0 Å². The molecule has 0 aliphatic rings. The number of rotatable bonds is 0. The first-order chi connectivity index (χ1) is 6.38. The molecule has 0 aliphatic carbocycles. The fourth-order valence-corrected chi connectivity index (χ4v) is 1.15. The lowest BCUT2D eigenvalue weighted by atomic mass is 10.1. The quantitative estimate of drug-likeness (QED) is 0.624. The second-order valence-corrected chi connectivity index (χ2v) is 2.44. The van der Waals surface area contributed by atoms with Crippen molar-refractivity contribution in [2.24, 2.45) is 0 Å². The van der Waals surface area contributed by atoms with Crippen LogP contribution in [0.25, 0.3) is 10.8 Å². The molecule has 0 aliphatic heterocycles. The smallest absolute Gasteiger partial charge is 0.0394 e. The molecule has 0 unspecified atom stereocenters. The Bertz CT molecular complexity index is 377. The van der Waals surface area contributed by atoms with E-state index in [9.17, 15) is 0 Å². The minimum absolute atomic E-state index is 0.810. The topological polar surface area (TPSA) is 38.9 Å². The first-order valence-electron chi connectivity index (χ1n) is 4.46. The molecule has 1 aromatic heterocycles. The lowest BCUT2D eigenvalue weighted by Gasteiger charge is -1.98. The van der Waals surface area contributed by atoms with Gasteiger partial charge in [0.05, 0.1) is 0 Å². The molecule has 2 aromatic rings. The molecule has 0 bridgehead atoms. The molecule has 2 heteroatoms. The number of hydrogen-bond donors (Lipinski definition) is 1. The fourth-order valence-electron chi connectivity index (χ4n) is 1.15. The molecule has 0 saturated carbocycles. The van der Waals surface area contributed by atoms with E-state index in [1.54, 1.807) is 6.20 Å². The van der Waals surface area contributed by atoms with Crippen LogP contribution in [-0.4, -0.2) is 4.98 Å². The maximum atomic E-state index is 5.73. The highest BCUT2D eigenvalue weighted by Gasteiger charge is 1.93. The molecule has 1 heterocycles. The average molecular weight is 174 g/mol. The maximum absolute atomic E-state index is 5.73. The van der Waals surface area contributed by atoms with Crippen molar-refractivity contribution < 1.29 is 0 Å². The molecule has 0 fully saturated rings. The van der Waals surface area contributed by atoms with E-state index >= 15 is 0 Å². The van der Waals surface area contributed by atoms with Gasteiger partial charge in [-0.25, -0.2) is 0 Å². The summed E-state index contributed by atoms with van der Waals surface area (Å²) in [6.07, 6.45) is 3.56. The van der Waals surface area contributed by atoms with Crippen LogP contribution in [0, 0.1) is 0 Å². The highest BCUT2D eigenvalue weighted by atomic mass is 14.6. The van der Waals surface area contributed by atoms with Gasteiger partial charge in [0.1, 0.15) is 0 Å². The third-order valence-corrected chi connectivity index (χ3v) is 1.71. The van der Waals surface area contributed by atoms with E-state index < -0.39 is 0 Å². The van der Waals surface area contributed by atoms with Gasteiger partial charge in [-0.2, -0.15) is 0 Å². The SMILES string of the molecule is CC.Nc1cccc2cnccc12. The summed E-state index contributed by atoms with van der Waals surface area (Å²) in [5, 5.41) is 2.16. The van der Waals surface area contributed by atoms with Crippen molar-refractivity contribution in [2.45, 2.75) is 13.8 Å². The maximum Gasteiger partial charge on any atom is 0.0394 e. The molecule has 1 aromatic carbocycles. The Hall–Kier alpha value is -1.57. The normalized spacial score (nSPS) is 9.08. The molecule has 0 amide bonds. The van der Waals surface area contributed by atoms with Crippen LogP contribution in [0.1, 0.15) is 13.8 Å². The number of nitrogen functional groups attached to an aromatic ring is 1. The summed E-state index contributed by atoms with van der Waals surface area (Å²) in [5.41, 5.74) is 6.54. The summed E-state index contributed by atoms with van der Waals surface area (Å²) in [6, 6.07) is 7.74. The second kappa shape index (κ2) is 4.45. The Balaban J connectivity index is 0.000000396. The van der Waals surface area contributed by atoms with Gasteiger partial charge in [0, 0.05) is 28.9 Å². The van der Waals surface area contributed by atoms with E-state index in [0.717, 1.165) is 16.5 Å². The van der Waals surface area contributed by atoms with Crippen LogP contribution in [0.5, 0.6) is 0 Å². The van der Waals surface area contributed by atoms with Crippen molar-refractivity contribution >= 4 is 16.5 Å². The highest BCUT2D eigenvalue weighted by molar-refractivity contribution is 5.91. The Morgan fingerprint density at radius 3 is 2.62 bits per heavy atom. The first-order valence-corrected chi connectivity index (χ1v) is 4.46. The van der Waals surface area contributed by atoms with E-state index in [1.807, 2.05) is 44.3 Å². The molecule has 2 nitrogen and oxygen atoms in total. The molecule has 13 heavy (non-hydrogen) atoms. The number of pyridine rings is 1. The number of benzene rings is 1. The van der Waals surface area contributed by atoms with Gasteiger partial charge in [0.2, 0.25) is 0 Å². The van der Waals surface area contributed by atoms with Crippen LogP contribution in [0.4, 0.5) is 5.69 Å². The lowest BCUT2D eigenvalue weighted by molar-refractivity contribution is 1.36. The van der Waals surface area contributed by atoms with Crippen molar-refractivity contribution in [2.75, 3.05) is 5.73 Å². The summed E-state index contributed by atoms with van der Waals surface area (Å²) < 4.78 is 0. The Labute approximate surface area is 78.4 Å². The number of nitrogens with zero attached hydrogens (tertiary/aromatic N) is 1. The number of hydrogen-bond acceptors (Lipinski definition) is 2. The summed E-state index contributed by atoms with van der Waals surface area (Å²) in [5.74, 6) is 0. The third-order valence-electron chi connectivity index (χ3n) is 1.71. The van der Waals surface area contributed by atoms with Gasteiger partial charge in [0.15, 0.2) is 0 Å². The minimum atomic E-state index is 0.810. The number of aromatic nitrogens is 1. The molecule has 2 rings (SSSR count). The highest BCUT2D eigenvalue weighted by Crippen LogP contribution is 2.18. The molecule has 68 valence electrons. The number of anilines is 1. The van der Waals surface area contributed by atoms with Gasteiger partial charge in [0.25, 0.3) is 0 Å². The Morgan fingerprint density at radius 2 is 1.92 bits per heavy atom. The second-order valence-electron chi connectivity index (χ2n) is 2.44. The van der Waals surface area contributed by atoms with Gasteiger partial charge in [-0.05, 0) is 12.1 Å². The Kier molecular flexibility index (Phi) is 3.26. The van der Waals surface area contributed by atoms with E-state index in [0.29, 0.717) is 0 Å². The van der Waals surface area contributed by atoms with E-state index in [4.69, 9.17) is 5.73 Å². The van der Waals surface area contributed by atoms with Crippen LogP contribution in [0.2, 0.25) is 0 Å². The lowest BCUT2D eigenvalue weighted by Crippen LogP contribution is -1.85. The predicted octanol–water partition coefficient (Wildman–Crippen LogP) is 2.84. The van der Waals surface area contributed by atoms with Gasteiger partial charge < -0.3 is 5.73 Å². The van der Waals surface area contributed by atoms with Crippen LogP contribution < -0.4 is 5.73 Å². The van der Waals surface area contributed by atoms with Crippen molar-refractivity contribution in [3.8, 4) is 0 Å². The van der Waals surface area contributed by atoms with E-state index in [1.165, 1.54) is 0 Å². The zero-order chi connectivity index (χ0) is 9.68. The first kappa shape index (κ1) is 9.52. The standard InChI is InChI=1S/C9H8N2.C2H6/c10-9-3-1-2-7-6-11-5-4-8(7)9;1-2/h1-6H,10H2;1-2H3. The Morgan fingerprint density at radius 1 is 1.15 bits per heavy atom. The molecular weight excluding hydrogens is 160 g/mol. The van der Waals surface area contributed by atoms with Gasteiger partial charge in [-0.1, -0.05) is 26.0 Å². The van der Waals surface area contributed by atoms with E-state index in [-0.39, 0.29) is 0 Å². The van der Waals surface area contributed by atoms with Crippen molar-refractivity contribution in [1.29, 1.82) is 0 Å². The van der Waals surface area contributed by atoms with Crippen molar-refractivity contribution in [3.05, 3.63) is 36.7 Å². The molecule has 2 N–H and O–H groups in total. The minimum Gasteiger partial charge on any atom is -0.398 e. The van der Waals surface area contributed by atoms with Gasteiger partial charge >= 0.3 is 0 Å². The molecule has 0 radical (unpaired) electrons. The molecule has 0 atom stereocenters. The average Bonchev–Trinajstić information content (AvgIpc) is 2.22. The monoisotopic (exact) mass is 174 g/mol. The van der Waals surface area contributed by atoms with Crippen molar-refractivity contribution in [1.82, 2.24) is 4.98 Å². The summed E-state index contributed by atoms with van der Waals surface area (Å²) >= 11 is 0. The third kappa shape index (κ3) is 1.96. The summed E-state index contributed by atoms with van der Waals surface area (Å²) in [4.78, 5) is 4.00.